The zero-order valence-corrected chi connectivity index (χ0v) is 15.9. The van der Waals surface area contributed by atoms with Crippen LogP contribution in [-0.2, 0) is 0 Å². The third kappa shape index (κ3) is 4.28. The molecule has 1 aliphatic rings. The maximum atomic E-state index is 12.3. The molecule has 142 valence electrons. The Balaban J connectivity index is 1.37. The summed E-state index contributed by atoms with van der Waals surface area (Å²) in [4.78, 5) is 23.2. The van der Waals surface area contributed by atoms with Crippen LogP contribution in [-0.4, -0.2) is 29.0 Å². The highest BCUT2D eigenvalue weighted by Gasteiger charge is 2.12. The van der Waals surface area contributed by atoms with Gasteiger partial charge in [-0.1, -0.05) is 17.7 Å². The molecule has 1 fully saturated rings. The lowest BCUT2D eigenvalue weighted by molar-refractivity contribution is 0.102. The van der Waals surface area contributed by atoms with Crippen LogP contribution in [0.2, 0.25) is 0 Å². The number of aryl methyl sites for hydroxylation is 1. The summed E-state index contributed by atoms with van der Waals surface area (Å²) >= 11 is 0. The van der Waals surface area contributed by atoms with Crippen LogP contribution in [0.4, 0.5) is 22.9 Å². The number of hydrogen-bond acceptors (Lipinski definition) is 5. The van der Waals surface area contributed by atoms with E-state index in [4.69, 9.17) is 0 Å². The van der Waals surface area contributed by atoms with E-state index in [1.165, 1.54) is 24.7 Å². The van der Waals surface area contributed by atoms with Gasteiger partial charge in [-0.3, -0.25) is 4.79 Å². The smallest absolute Gasteiger partial charge is 0.275 e. The van der Waals surface area contributed by atoms with Gasteiger partial charge in [-0.2, -0.15) is 0 Å². The largest absolute Gasteiger partial charge is 0.372 e. The van der Waals surface area contributed by atoms with Gasteiger partial charge in [0.1, 0.15) is 11.5 Å². The number of aromatic nitrogens is 2. The van der Waals surface area contributed by atoms with Crippen molar-refractivity contribution in [1.29, 1.82) is 0 Å². The highest BCUT2D eigenvalue weighted by molar-refractivity contribution is 6.02. The lowest BCUT2D eigenvalue weighted by Gasteiger charge is -2.17. The number of carbonyl (C=O) groups is 1. The topological polar surface area (TPSA) is 70.2 Å². The summed E-state index contributed by atoms with van der Waals surface area (Å²) in [5, 5.41) is 6.04. The van der Waals surface area contributed by atoms with E-state index in [0.29, 0.717) is 5.82 Å². The quantitative estimate of drug-likeness (QED) is 0.694. The molecule has 1 amide bonds. The number of nitrogens with zero attached hydrogens (tertiary/aromatic N) is 3. The normalized spacial score (nSPS) is 13.4. The number of hydrogen-bond donors (Lipinski definition) is 2. The molecular weight excluding hydrogens is 350 g/mol. The fraction of sp³-hybridized carbons (Fsp3) is 0.227. The second-order valence-corrected chi connectivity index (χ2v) is 6.97. The Morgan fingerprint density at radius 3 is 2.21 bits per heavy atom. The molecule has 3 aromatic rings. The second-order valence-electron chi connectivity index (χ2n) is 6.97. The standard InChI is InChI=1S/C22H23N5O/c1-16-4-6-18(7-5-16)26-22(28)20-14-24-21(15-23-20)25-17-8-10-19(11-9-17)27-12-2-3-13-27/h4-11,14-15H,2-3,12-13H2,1H3,(H,24,25)(H,26,28). The van der Waals surface area contributed by atoms with Crippen molar-refractivity contribution in [2.45, 2.75) is 19.8 Å². The van der Waals surface area contributed by atoms with Gasteiger partial charge in [0.05, 0.1) is 12.4 Å². The van der Waals surface area contributed by atoms with Crippen molar-refractivity contribution in [2.24, 2.45) is 0 Å². The van der Waals surface area contributed by atoms with Gasteiger partial charge < -0.3 is 15.5 Å². The SMILES string of the molecule is Cc1ccc(NC(=O)c2cnc(Nc3ccc(N4CCCC4)cc3)cn2)cc1. The highest BCUT2D eigenvalue weighted by atomic mass is 16.1. The molecular formula is C22H23N5O. The van der Waals surface area contributed by atoms with Gasteiger partial charge in [0, 0.05) is 30.2 Å². The second kappa shape index (κ2) is 8.08. The lowest BCUT2D eigenvalue weighted by Crippen LogP contribution is -2.17. The van der Waals surface area contributed by atoms with Gasteiger partial charge in [-0.05, 0) is 56.2 Å². The first kappa shape index (κ1) is 18.0. The predicted molar refractivity (Wildman–Crippen MR) is 112 cm³/mol. The van der Waals surface area contributed by atoms with E-state index in [-0.39, 0.29) is 11.6 Å². The van der Waals surface area contributed by atoms with Gasteiger partial charge in [0.15, 0.2) is 0 Å². The summed E-state index contributed by atoms with van der Waals surface area (Å²) in [6.45, 7) is 4.26. The average molecular weight is 373 g/mol. The maximum absolute atomic E-state index is 12.3. The summed E-state index contributed by atoms with van der Waals surface area (Å²) in [5.74, 6) is 0.318. The first-order valence-electron chi connectivity index (χ1n) is 9.49. The van der Waals surface area contributed by atoms with Crippen molar-refractivity contribution in [3.63, 3.8) is 0 Å². The Labute approximate surface area is 164 Å². The minimum absolute atomic E-state index is 0.274. The molecule has 0 bridgehead atoms. The summed E-state index contributed by atoms with van der Waals surface area (Å²) in [6.07, 6.45) is 5.57. The lowest BCUT2D eigenvalue weighted by atomic mass is 10.2. The van der Waals surface area contributed by atoms with Crippen molar-refractivity contribution in [2.75, 3.05) is 28.6 Å². The Bertz CT molecular complexity index is 930. The zero-order chi connectivity index (χ0) is 19.3. The fourth-order valence-electron chi connectivity index (χ4n) is 3.22. The molecule has 1 aliphatic heterocycles. The van der Waals surface area contributed by atoms with Gasteiger partial charge in [-0.15, -0.1) is 0 Å². The van der Waals surface area contributed by atoms with Gasteiger partial charge in [0.25, 0.3) is 5.91 Å². The number of rotatable bonds is 5. The molecule has 1 aromatic heterocycles. The Kier molecular flexibility index (Phi) is 5.19. The molecule has 2 aromatic carbocycles. The van der Waals surface area contributed by atoms with Gasteiger partial charge >= 0.3 is 0 Å². The van der Waals surface area contributed by atoms with Crippen LogP contribution in [0.3, 0.4) is 0 Å². The van der Waals surface area contributed by atoms with E-state index in [1.807, 2.05) is 43.3 Å². The van der Waals surface area contributed by atoms with Crippen molar-refractivity contribution in [1.82, 2.24) is 9.97 Å². The molecule has 0 radical (unpaired) electrons. The van der Waals surface area contributed by atoms with Crippen LogP contribution >= 0.6 is 0 Å². The molecule has 0 spiro atoms. The monoisotopic (exact) mass is 373 g/mol. The molecule has 6 nitrogen and oxygen atoms in total. The number of benzene rings is 2. The van der Waals surface area contributed by atoms with Crippen LogP contribution < -0.4 is 15.5 Å². The molecule has 0 aliphatic carbocycles. The molecule has 0 unspecified atom stereocenters. The molecule has 0 saturated carbocycles. The third-order valence-electron chi connectivity index (χ3n) is 4.80. The van der Waals surface area contributed by atoms with E-state index in [0.717, 1.165) is 30.0 Å². The van der Waals surface area contributed by atoms with Crippen LogP contribution in [0.15, 0.2) is 60.9 Å². The number of amides is 1. The van der Waals surface area contributed by atoms with E-state index in [9.17, 15) is 4.79 Å². The highest BCUT2D eigenvalue weighted by Crippen LogP contribution is 2.23. The van der Waals surface area contributed by atoms with Crippen molar-refractivity contribution < 1.29 is 4.79 Å². The van der Waals surface area contributed by atoms with Crippen molar-refractivity contribution in [3.8, 4) is 0 Å². The minimum atomic E-state index is -0.280. The van der Waals surface area contributed by atoms with Crippen molar-refractivity contribution >= 4 is 28.8 Å². The van der Waals surface area contributed by atoms with Gasteiger partial charge in [-0.25, -0.2) is 9.97 Å². The summed E-state index contributed by atoms with van der Waals surface area (Å²) in [7, 11) is 0. The third-order valence-corrected chi connectivity index (χ3v) is 4.80. The van der Waals surface area contributed by atoms with Crippen molar-refractivity contribution in [3.05, 3.63) is 72.2 Å². The zero-order valence-electron chi connectivity index (χ0n) is 15.9. The molecule has 6 heteroatoms. The molecule has 28 heavy (non-hydrogen) atoms. The molecule has 2 N–H and O–H groups in total. The van der Waals surface area contributed by atoms with Gasteiger partial charge in [0.2, 0.25) is 0 Å². The number of nitrogens with one attached hydrogen (secondary N) is 2. The maximum Gasteiger partial charge on any atom is 0.275 e. The molecule has 2 heterocycles. The first-order valence-corrected chi connectivity index (χ1v) is 9.49. The average Bonchev–Trinajstić information content (AvgIpc) is 3.26. The molecule has 0 atom stereocenters. The van der Waals surface area contributed by atoms with E-state index < -0.39 is 0 Å². The van der Waals surface area contributed by atoms with E-state index >= 15 is 0 Å². The molecule has 1 saturated heterocycles. The van der Waals surface area contributed by atoms with E-state index in [1.54, 1.807) is 6.20 Å². The predicted octanol–water partition coefficient (Wildman–Crippen LogP) is 4.38. The Morgan fingerprint density at radius 1 is 0.893 bits per heavy atom. The summed E-state index contributed by atoms with van der Waals surface area (Å²) < 4.78 is 0. The number of carbonyl (C=O) groups excluding carboxylic acids is 1. The summed E-state index contributed by atoms with van der Waals surface area (Å²) in [6, 6.07) is 15.9. The number of anilines is 4. The molecule has 4 rings (SSSR count). The van der Waals surface area contributed by atoms with E-state index in [2.05, 4.69) is 37.6 Å². The first-order chi connectivity index (χ1) is 13.7. The Morgan fingerprint density at radius 2 is 1.57 bits per heavy atom. The van der Waals surface area contributed by atoms with Crippen LogP contribution in [0.25, 0.3) is 0 Å². The van der Waals surface area contributed by atoms with Crippen LogP contribution in [0.1, 0.15) is 28.9 Å². The Hall–Kier alpha value is -3.41. The van der Waals surface area contributed by atoms with Crippen LogP contribution in [0, 0.1) is 6.92 Å². The fourth-order valence-corrected chi connectivity index (χ4v) is 3.22. The summed E-state index contributed by atoms with van der Waals surface area (Å²) in [5.41, 5.74) is 4.33. The minimum Gasteiger partial charge on any atom is -0.372 e. The van der Waals surface area contributed by atoms with Crippen LogP contribution in [0.5, 0.6) is 0 Å².